The van der Waals surface area contributed by atoms with E-state index < -0.39 is 0 Å². The molecule has 4 nitrogen and oxygen atoms in total. The molecule has 0 aromatic heterocycles. The number of rotatable bonds is 5. The van der Waals surface area contributed by atoms with Gasteiger partial charge in [-0.2, -0.15) is 0 Å². The summed E-state index contributed by atoms with van der Waals surface area (Å²) in [5, 5.41) is 3.22. The molecule has 2 rings (SSSR count). The Balaban J connectivity index is 1.89. The SMILES string of the molecule is COc1cc(C)ccc1OCCC1=NCCN1. The number of hydrogen-bond acceptors (Lipinski definition) is 4. The zero-order valence-corrected chi connectivity index (χ0v) is 10.3. The highest BCUT2D eigenvalue weighted by Crippen LogP contribution is 2.27. The van der Waals surface area contributed by atoms with Gasteiger partial charge in [-0.25, -0.2) is 0 Å². The Hall–Kier alpha value is -1.71. The highest BCUT2D eigenvalue weighted by molar-refractivity contribution is 5.83. The van der Waals surface area contributed by atoms with E-state index >= 15 is 0 Å². The Bertz CT molecular complexity index is 416. The van der Waals surface area contributed by atoms with Crippen LogP contribution in [-0.4, -0.2) is 32.6 Å². The van der Waals surface area contributed by atoms with Crippen LogP contribution in [0.2, 0.25) is 0 Å². The number of benzene rings is 1. The summed E-state index contributed by atoms with van der Waals surface area (Å²) >= 11 is 0. The number of amidine groups is 1. The second-order valence-corrected chi connectivity index (χ2v) is 4.01. The smallest absolute Gasteiger partial charge is 0.161 e. The molecular weight excluding hydrogens is 216 g/mol. The largest absolute Gasteiger partial charge is 0.493 e. The third kappa shape index (κ3) is 3.12. The summed E-state index contributed by atoms with van der Waals surface area (Å²) in [4.78, 5) is 4.32. The van der Waals surface area contributed by atoms with E-state index in [9.17, 15) is 0 Å². The average molecular weight is 234 g/mol. The van der Waals surface area contributed by atoms with Crippen molar-refractivity contribution in [3.05, 3.63) is 23.8 Å². The van der Waals surface area contributed by atoms with Gasteiger partial charge < -0.3 is 14.8 Å². The summed E-state index contributed by atoms with van der Waals surface area (Å²) in [7, 11) is 1.66. The van der Waals surface area contributed by atoms with Gasteiger partial charge in [0, 0.05) is 13.0 Å². The van der Waals surface area contributed by atoms with Gasteiger partial charge in [0.05, 0.1) is 26.1 Å². The number of hydrogen-bond donors (Lipinski definition) is 1. The monoisotopic (exact) mass is 234 g/mol. The van der Waals surface area contributed by atoms with Crippen molar-refractivity contribution >= 4 is 5.84 Å². The zero-order chi connectivity index (χ0) is 12.1. The molecule has 0 radical (unpaired) electrons. The number of aryl methyl sites for hydroxylation is 1. The first-order valence-electron chi connectivity index (χ1n) is 5.84. The van der Waals surface area contributed by atoms with Crippen LogP contribution in [-0.2, 0) is 0 Å². The minimum absolute atomic E-state index is 0.616. The topological polar surface area (TPSA) is 42.9 Å². The van der Waals surface area contributed by atoms with Crippen molar-refractivity contribution in [2.75, 3.05) is 26.8 Å². The van der Waals surface area contributed by atoms with Crippen molar-refractivity contribution in [1.29, 1.82) is 0 Å². The lowest BCUT2D eigenvalue weighted by Crippen LogP contribution is -2.20. The number of methoxy groups -OCH3 is 1. The fraction of sp³-hybridized carbons (Fsp3) is 0.462. The molecule has 0 aliphatic carbocycles. The normalized spacial score (nSPS) is 14.1. The van der Waals surface area contributed by atoms with E-state index in [4.69, 9.17) is 9.47 Å². The van der Waals surface area contributed by atoms with Gasteiger partial charge in [0.2, 0.25) is 0 Å². The third-order valence-corrected chi connectivity index (χ3v) is 2.66. The van der Waals surface area contributed by atoms with Crippen LogP contribution < -0.4 is 14.8 Å². The minimum atomic E-state index is 0.616. The summed E-state index contributed by atoms with van der Waals surface area (Å²) in [5.74, 6) is 2.61. The van der Waals surface area contributed by atoms with Crippen LogP contribution >= 0.6 is 0 Å². The quantitative estimate of drug-likeness (QED) is 0.844. The molecule has 92 valence electrons. The first kappa shape index (κ1) is 11.8. The summed E-state index contributed by atoms with van der Waals surface area (Å²) < 4.78 is 11.0. The maximum absolute atomic E-state index is 5.70. The molecule has 0 bridgehead atoms. The van der Waals surface area contributed by atoms with E-state index in [1.807, 2.05) is 25.1 Å². The van der Waals surface area contributed by atoms with Crippen molar-refractivity contribution < 1.29 is 9.47 Å². The fourth-order valence-electron chi connectivity index (χ4n) is 1.77. The molecule has 0 atom stereocenters. The second-order valence-electron chi connectivity index (χ2n) is 4.01. The molecule has 0 fully saturated rings. The Morgan fingerprint density at radius 3 is 2.94 bits per heavy atom. The van der Waals surface area contributed by atoms with Crippen molar-refractivity contribution in [3.8, 4) is 11.5 Å². The molecule has 1 aromatic rings. The molecule has 0 spiro atoms. The lowest BCUT2D eigenvalue weighted by Gasteiger charge is -2.11. The summed E-state index contributed by atoms with van der Waals surface area (Å²) in [6.07, 6.45) is 0.816. The van der Waals surface area contributed by atoms with E-state index in [-0.39, 0.29) is 0 Å². The van der Waals surface area contributed by atoms with Crippen molar-refractivity contribution in [3.63, 3.8) is 0 Å². The van der Waals surface area contributed by atoms with Crippen LogP contribution in [0.15, 0.2) is 23.2 Å². The lowest BCUT2D eigenvalue weighted by molar-refractivity contribution is 0.302. The van der Waals surface area contributed by atoms with Gasteiger partial charge in [-0.1, -0.05) is 6.07 Å². The van der Waals surface area contributed by atoms with Crippen molar-refractivity contribution in [2.24, 2.45) is 4.99 Å². The van der Waals surface area contributed by atoms with Gasteiger partial charge in [-0.15, -0.1) is 0 Å². The third-order valence-electron chi connectivity index (χ3n) is 2.66. The highest BCUT2D eigenvalue weighted by Gasteiger charge is 2.07. The summed E-state index contributed by atoms with van der Waals surface area (Å²) in [6.45, 7) is 4.47. The molecular formula is C13H18N2O2. The van der Waals surface area contributed by atoms with E-state index in [2.05, 4.69) is 10.3 Å². The Labute approximate surface area is 102 Å². The molecule has 1 aromatic carbocycles. The average Bonchev–Trinajstić information content (AvgIpc) is 2.84. The number of nitrogens with one attached hydrogen (secondary N) is 1. The number of aliphatic imine (C=N–C) groups is 1. The van der Waals surface area contributed by atoms with E-state index in [1.165, 1.54) is 0 Å². The fourth-order valence-corrected chi connectivity index (χ4v) is 1.77. The Morgan fingerprint density at radius 2 is 2.24 bits per heavy atom. The maximum Gasteiger partial charge on any atom is 0.161 e. The molecule has 0 unspecified atom stereocenters. The molecule has 0 saturated carbocycles. The predicted octanol–water partition coefficient (Wildman–Crippen LogP) is 1.77. The van der Waals surface area contributed by atoms with Gasteiger partial charge in [0.1, 0.15) is 0 Å². The summed E-state index contributed by atoms with van der Waals surface area (Å²) in [5.41, 5.74) is 1.16. The molecule has 0 saturated heterocycles. The Kier molecular flexibility index (Phi) is 3.85. The highest BCUT2D eigenvalue weighted by atomic mass is 16.5. The van der Waals surface area contributed by atoms with E-state index in [0.29, 0.717) is 6.61 Å². The first-order chi connectivity index (χ1) is 8.29. The molecule has 1 aliphatic heterocycles. The summed E-state index contributed by atoms with van der Waals surface area (Å²) in [6, 6.07) is 5.93. The van der Waals surface area contributed by atoms with Crippen LogP contribution in [0.5, 0.6) is 11.5 Å². The molecule has 0 amide bonds. The van der Waals surface area contributed by atoms with Crippen LogP contribution in [0.4, 0.5) is 0 Å². The van der Waals surface area contributed by atoms with Crippen molar-refractivity contribution in [1.82, 2.24) is 5.32 Å². The first-order valence-corrected chi connectivity index (χ1v) is 5.84. The van der Waals surface area contributed by atoms with Gasteiger partial charge in [-0.3, -0.25) is 4.99 Å². The minimum Gasteiger partial charge on any atom is -0.493 e. The molecule has 4 heteroatoms. The van der Waals surface area contributed by atoms with Crippen molar-refractivity contribution in [2.45, 2.75) is 13.3 Å². The van der Waals surface area contributed by atoms with Gasteiger partial charge in [-0.05, 0) is 24.6 Å². The predicted molar refractivity (Wildman–Crippen MR) is 68.1 cm³/mol. The van der Waals surface area contributed by atoms with E-state index in [1.54, 1.807) is 7.11 Å². The maximum atomic E-state index is 5.70. The van der Waals surface area contributed by atoms with E-state index in [0.717, 1.165) is 42.4 Å². The van der Waals surface area contributed by atoms with Crippen LogP contribution in [0, 0.1) is 6.92 Å². The van der Waals surface area contributed by atoms with Crippen LogP contribution in [0.1, 0.15) is 12.0 Å². The van der Waals surface area contributed by atoms with Gasteiger partial charge in [0.15, 0.2) is 11.5 Å². The molecule has 1 aliphatic rings. The number of ether oxygens (including phenoxy) is 2. The molecule has 1 heterocycles. The van der Waals surface area contributed by atoms with Gasteiger partial charge >= 0.3 is 0 Å². The zero-order valence-electron chi connectivity index (χ0n) is 10.3. The molecule has 1 N–H and O–H groups in total. The lowest BCUT2D eigenvalue weighted by atomic mass is 10.2. The second kappa shape index (κ2) is 5.57. The number of nitrogens with zero attached hydrogens (tertiary/aromatic N) is 1. The molecule has 17 heavy (non-hydrogen) atoms. The Morgan fingerprint density at radius 1 is 1.35 bits per heavy atom. The van der Waals surface area contributed by atoms with Gasteiger partial charge in [0.25, 0.3) is 0 Å². The standard InChI is InChI=1S/C13H18N2O2/c1-10-3-4-11(12(9-10)16-2)17-8-5-13-14-6-7-15-13/h3-4,9H,5-8H2,1-2H3,(H,14,15). The van der Waals surface area contributed by atoms with Crippen LogP contribution in [0.25, 0.3) is 0 Å². The van der Waals surface area contributed by atoms with Crippen LogP contribution in [0.3, 0.4) is 0 Å².